The first-order chi connectivity index (χ1) is 13.5. The summed E-state index contributed by atoms with van der Waals surface area (Å²) in [5.41, 5.74) is 12.6. The van der Waals surface area contributed by atoms with Crippen LogP contribution in [0.15, 0.2) is 48.8 Å². The first kappa shape index (κ1) is 19.5. The largest absolute Gasteiger partial charge is 0.497 e. The van der Waals surface area contributed by atoms with Crippen LogP contribution in [0.1, 0.15) is 10.4 Å². The van der Waals surface area contributed by atoms with Crippen LogP contribution in [0.5, 0.6) is 5.75 Å². The van der Waals surface area contributed by atoms with Crippen LogP contribution in [-0.2, 0) is 0 Å². The molecule has 1 heterocycles. The van der Waals surface area contributed by atoms with E-state index in [-0.39, 0.29) is 17.4 Å². The molecule has 3 aromatic rings. The van der Waals surface area contributed by atoms with E-state index in [9.17, 15) is 4.79 Å². The minimum absolute atomic E-state index is 0.202. The van der Waals surface area contributed by atoms with E-state index in [0.29, 0.717) is 32.9 Å². The van der Waals surface area contributed by atoms with Crippen LogP contribution in [-0.4, -0.2) is 23.0 Å². The lowest BCUT2D eigenvalue weighted by molar-refractivity contribution is 0.0962. The highest BCUT2D eigenvalue weighted by molar-refractivity contribution is 6.35. The molecule has 8 nitrogen and oxygen atoms in total. The molecule has 0 aliphatic heterocycles. The van der Waals surface area contributed by atoms with E-state index in [1.165, 1.54) is 6.33 Å². The Kier molecular flexibility index (Phi) is 6.03. The topological polar surface area (TPSA) is 114 Å². The number of carbonyl (C=O) groups excluding carboxylic acids is 1. The number of ether oxygens (including phenoxy) is 1. The van der Waals surface area contributed by atoms with Gasteiger partial charge in [-0.15, -0.1) is 0 Å². The van der Waals surface area contributed by atoms with Gasteiger partial charge in [-0.1, -0.05) is 23.2 Å². The summed E-state index contributed by atoms with van der Waals surface area (Å²) >= 11 is 12.0. The van der Waals surface area contributed by atoms with Gasteiger partial charge in [-0.25, -0.2) is 9.97 Å². The lowest BCUT2D eigenvalue weighted by atomic mass is 10.2. The Balaban J connectivity index is 1.70. The summed E-state index contributed by atoms with van der Waals surface area (Å²) in [5.74, 6) is 0.847. The zero-order chi connectivity index (χ0) is 20.1. The molecule has 0 atom stereocenters. The highest BCUT2D eigenvalue weighted by atomic mass is 35.5. The van der Waals surface area contributed by atoms with Crippen LogP contribution in [0.2, 0.25) is 10.0 Å². The van der Waals surface area contributed by atoms with Crippen molar-refractivity contribution in [3.05, 3.63) is 64.4 Å². The number of carbonyl (C=O) groups is 1. The summed E-state index contributed by atoms with van der Waals surface area (Å²) in [6.45, 7) is 0. The molecule has 0 saturated carbocycles. The molecule has 0 fully saturated rings. The second-order valence-electron chi connectivity index (χ2n) is 5.58. The third-order valence-corrected chi connectivity index (χ3v) is 4.09. The average molecular weight is 419 g/mol. The molecule has 3 rings (SSSR count). The van der Waals surface area contributed by atoms with E-state index in [2.05, 4.69) is 26.1 Å². The van der Waals surface area contributed by atoms with Gasteiger partial charge in [0, 0.05) is 21.3 Å². The van der Waals surface area contributed by atoms with Crippen molar-refractivity contribution in [1.82, 2.24) is 15.4 Å². The highest BCUT2D eigenvalue weighted by Crippen LogP contribution is 2.28. The van der Waals surface area contributed by atoms with Crippen LogP contribution in [0.4, 0.5) is 23.0 Å². The quantitative estimate of drug-likeness (QED) is 0.449. The molecule has 1 aromatic heterocycles. The number of halogens is 2. The maximum Gasteiger partial charge on any atom is 0.269 e. The van der Waals surface area contributed by atoms with Gasteiger partial charge in [-0.2, -0.15) is 0 Å². The average Bonchev–Trinajstić information content (AvgIpc) is 2.67. The van der Waals surface area contributed by atoms with Gasteiger partial charge in [-0.3, -0.25) is 15.6 Å². The summed E-state index contributed by atoms with van der Waals surface area (Å²) in [7, 11) is 1.55. The van der Waals surface area contributed by atoms with E-state index in [1.807, 2.05) is 0 Å². The molecule has 0 saturated heterocycles. The van der Waals surface area contributed by atoms with Gasteiger partial charge in [0.2, 0.25) is 0 Å². The number of aromatic nitrogens is 2. The molecule has 144 valence electrons. The number of hydrazine groups is 1. The predicted octanol–water partition coefficient (Wildman–Crippen LogP) is 3.87. The van der Waals surface area contributed by atoms with Crippen molar-refractivity contribution in [3.63, 3.8) is 0 Å². The van der Waals surface area contributed by atoms with Gasteiger partial charge in [0.1, 0.15) is 17.8 Å². The highest BCUT2D eigenvalue weighted by Gasteiger charge is 2.11. The zero-order valence-corrected chi connectivity index (χ0v) is 16.2. The molecule has 0 unspecified atom stereocenters. The van der Waals surface area contributed by atoms with Crippen LogP contribution in [0.3, 0.4) is 0 Å². The lowest BCUT2D eigenvalue weighted by Gasteiger charge is -2.13. The monoisotopic (exact) mass is 418 g/mol. The number of anilines is 4. The Bertz CT molecular complexity index is 978. The SMILES string of the molecule is COc1ccc(C(=O)NNc2ncnc(Nc3cc(Cl)cc(Cl)c3)c2N)cc1. The van der Waals surface area contributed by atoms with Gasteiger partial charge in [-0.05, 0) is 42.5 Å². The van der Waals surface area contributed by atoms with E-state index in [1.54, 1.807) is 49.6 Å². The van der Waals surface area contributed by atoms with Crippen molar-refractivity contribution < 1.29 is 9.53 Å². The molecular weight excluding hydrogens is 403 g/mol. The number of rotatable bonds is 6. The number of nitrogen functional groups attached to an aromatic ring is 1. The number of nitrogens with zero attached hydrogens (tertiary/aromatic N) is 2. The Morgan fingerprint density at radius 2 is 1.68 bits per heavy atom. The maximum atomic E-state index is 12.2. The van der Waals surface area contributed by atoms with Crippen molar-refractivity contribution in [2.24, 2.45) is 0 Å². The Hall–Kier alpha value is -3.23. The van der Waals surface area contributed by atoms with Crippen molar-refractivity contribution in [3.8, 4) is 5.75 Å². The number of nitrogens with one attached hydrogen (secondary N) is 3. The van der Waals surface area contributed by atoms with Gasteiger partial charge in [0.25, 0.3) is 5.91 Å². The normalized spacial score (nSPS) is 10.2. The summed E-state index contributed by atoms with van der Waals surface area (Å²) in [6.07, 6.45) is 1.30. The predicted molar refractivity (Wildman–Crippen MR) is 110 cm³/mol. The van der Waals surface area contributed by atoms with Crippen molar-refractivity contribution in [2.45, 2.75) is 0 Å². The summed E-state index contributed by atoms with van der Waals surface area (Å²) in [4.78, 5) is 20.4. The number of methoxy groups -OCH3 is 1. The van der Waals surface area contributed by atoms with Gasteiger partial charge in [0.15, 0.2) is 11.6 Å². The Labute approximate surface area is 171 Å². The van der Waals surface area contributed by atoms with Crippen molar-refractivity contribution in [2.75, 3.05) is 23.6 Å². The molecular formula is C18H16Cl2N6O2. The fraction of sp³-hybridized carbons (Fsp3) is 0.0556. The first-order valence-electron chi connectivity index (χ1n) is 8.00. The molecule has 0 aliphatic rings. The third kappa shape index (κ3) is 4.73. The second-order valence-corrected chi connectivity index (χ2v) is 6.45. The molecule has 10 heteroatoms. The lowest BCUT2D eigenvalue weighted by Crippen LogP contribution is -2.30. The molecule has 0 bridgehead atoms. The van der Waals surface area contributed by atoms with E-state index in [4.69, 9.17) is 33.7 Å². The number of benzene rings is 2. The maximum absolute atomic E-state index is 12.2. The molecule has 2 aromatic carbocycles. The molecule has 1 amide bonds. The zero-order valence-electron chi connectivity index (χ0n) is 14.7. The summed E-state index contributed by atoms with van der Waals surface area (Å²) in [6, 6.07) is 11.6. The Morgan fingerprint density at radius 1 is 1.04 bits per heavy atom. The number of hydrogen-bond donors (Lipinski definition) is 4. The molecule has 0 spiro atoms. The summed E-state index contributed by atoms with van der Waals surface area (Å²) < 4.78 is 5.07. The van der Waals surface area contributed by atoms with Crippen LogP contribution >= 0.6 is 23.2 Å². The molecule has 28 heavy (non-hydrogen) atoms. The Morgan fingerprint density at radius 3 is 2.32 bits per heavy atom. The smallest absolute Gasteiger partial charge is 0.269 e. The fourth-order valence-corrected chi connectivity index (χ4v) is 2.81. The number of hydrogen-bond acceptors (Lipinski definition) is 7. The minimum atomic E-state index is -0.364. The van der Waals surface area contributed by atoms with Crippen LogP contribution in [0.25, 0.3) is 0 Å². The minimum Gasteiger partial charge on any atom is -0.497 e. The third-order valence-electron chi connectivity index (χ3n) is 3.66. The molecule has 0 radical (unpaired) electrons. The van der Waals surface area contributed by atoms with Crippen molar-refractivity contribution >= 4 is 52.1 Å². The number of nitrogens with two attached hydrogens (primary N) is 1. The van der Waals surface area contributed by atoms with Gasteiger partial charge >= 0.3 is 0 Å². The second kappa shape index (κ2) is 8.64. The van der Waals surface area contributed by atoms with E-state index in [0.717, 1.165) is 0 Å². The molecule has 0 aliphatic carbocycles. The van der Waals surface area contributed by atoms with E-state index < -0.39 is 0 Å². The summed E-state index contributed by atoms with van der Waals surface area (Å²) in [5, 5.41) is 3.95. The standard InChI is InChI=1S/C18H16Cl2N6O2/c1-28-14-4-2-10(3-5-14)18(27)26-25-17-15(21)16(22-9-23-17)24-13-7-11(19)6-12(20)8-13/h2-9H,21H2,1H3,(H,26,27)(H2,22,23,24,25). The fourth-order valence-electron chi connectivity index (χ4n) is 2.29. The van der Waals surface area contributed by atoms with Crippen LogP contribution < -0.4 is 26.6 Å². The van der Waals surface area contributed by atoms with Gasteiger partial charge < -0.3 is 15.8 Å². The number of amides is 1. The van der Waals surface area contributed by atoms with Crippen molar-refractivity contribution in [1.29, 1.82) is 0 Å². The molecule has 5 N–H and O–H groups in total. The van der Waals surface area contributed by atoms with Gasteiger partial charge in [0.05, 0.1) is 7.11 Å². The van der Waals surface area contributed by atoms with Crippen LogP contribution in [0, 0.1) is 0 Å². The van der Waals surface area contributed by atoms with E-state index >= 15 is 0 Å². The first-order valence-corrected chi connectivity index (χ1v) is 8.76.